The number of nitrogens with two attached hydrogens (primary N) is 2. The Bertz CT molecular complexity index is 435. The van der Waals surface area contributed by atoms with Gasteiger partial charge in [0.05, 0.1) is 0 Å². The average molecular weight is 350 g/mol. The van der Waals surface area contributed by atoms with Gasteiger partial charge in [-0.3, -0.25) is 0 Å². The van der Waals surface area contributed by atoms with Crippen LogP contribution in [-0.2, 0) is 0 Å². The fraction of sp³-hybridized carbons (Fsp3) is 0.700. The molecule has 0 atom stereocenters. The predicted molar refractivity (Wildman–Crippen MR) is 107 cm³/mol. The van der Waals surface area contributed by atoms with E-state index in [0.717, 1.165) is 36.4 Å². The summed E-state index contributed by atoms with van der Waals surface area (Å²) in [5, 5.41) is 0. The predicted octanol–water partition coefficient (Wildman–Crippen LogP) is 3.64. The van der Waals surface area contributed by atoms with E-state index in [2.05, 4.69) is 41.8 Å². The third-order valence-corrected chi connectivity index (χ3v) is 5.75. The molecule has 4 heteroatoms. The summed E-state index contributed by atoms with van der Waals surface area (Å²) in [5.41, 5.74) is 12.6. The van der Waals surface area contributed by atoms with Crippen LogP contribution in [0.4, 0.5) is 0 Å². The molecule has 1 aliphatic carbocycles. The van der Waals surface area contributed by atoms with Crippen molar-refractivity contribution < 1.29 is 0 Å². The molecule has 1 saturated carbocycles. The summed E-state index contributed by atoms with van der Waals surface area (Å²) in [6.07, 6.45) is 9.53. The van der Waals surface area contributed by atoms with E-state index in [-0.39, 0.29) is 0 Å². The molecule has 2 aliphatic rings. The van der Waals surface area contributed by atoms with Crippen LogP contribution in [0, 0.1) is 5.92 Å². The Hall–Kier alpha value is -0.550. The third kappa shape index (κ3) is 6.75. The lowest BCUT2D eigenvalue weighted by Gasteiger charge is -2.30. The van der Waals surface area contributed by atoms with Gasteiger partial charge in [0.25, 0.3) is 0 Å². The maximum Gasteiger partial charge on any atom is 0.0105 e. The molecule has 0 unspecified atom stereocenters. The molecule has 3 rings (SSSR count). The fourth-order valence-electron chi connectivity index (χ4n) is 3.81. The Kier molecular flexibility index (Phi) is 9.18. The molecule has 24 heavy (non-hydrogen) atoms. The van der Waals surface area contributed by atoms with Gasteiger partial charge in [-0.25, -0.2) is 0 Å². The van der Waals surface area contributed by atoms with Crippen molar-refractivity contribution in [2.75, 3.05) is 32.7 Å². The summed E-state index contributed by atoms with van der Waals surface area (Å²) in [6.45, 7) is 5.08. The summed E-state index contributed by atoms with van der Waals surface area (Å²) in [7, 11) is 0. The molecule has 1 aromatic carbocycles. The lowest BCUT2D eigenvalue weighted by molar-refractivity contribution is 0.192. The van der Waals surface area contributed by atoms with Crippen LogP contribution in [0.3, 0.4) is 0 Å². The smallest absolute Gasteiger partial charge is 0.0105 e. The first kappa shape index (κ1) is 19.8. The minimum atomic E-state index is 0.768. The second-order valence-electron chi connectivity index (χ2n) is 7.24. The highest BCUT2D eigenvalue weighted by Gasteiger charge is 2.16. The second-order valence-corrected chi connectivity index (χ2v) is 7.75. The van der Waals surface area contributed by atoms with Crippen molar-refractivity contribution in [3.8, 4) is 0 Å². The SMILES string of the molecule is NCCN1CCC(CN)CC1.Sc1ccc(C2CCCCC2)cc1. The molecule has 0 bridgehead atoms. The minimum Gasteiger partial charge on any atom is -0.330 e. The summed E-state index contributed by atoms with van der Waals surface area (Å²) in [4.78, 5) is 3.49. The fourth-order valence-corrected chi connectivity index (χ4v) is 3.96. The lowest BCUT2D eigenvalue weighted by atomic mass is 9.84. The van der Waals surface area contributed by atoms with Gasteiger partial charge in [-0.05, 0) is 74.8 Å². The third-order valence-electron chi connectivity index (χ3n) is 5.46. The Balaban J connectivity index is 0.000000177. The van der Waals surface area contributed by atoms with E-state index in [9.17, 15) is 0 Å². The molecular weight excluding hydrogens is 314 g/mol. The molecule has 0 aromatic heterocycles. The molecule has 1 heterocycles. The van der Waals surface area contributed by atoms with Gasteiger partial charge in [0.1, 0.15) is 0 Å². The number of benzene rings is 1. The van der Waals surface area contributed by atoms with Crippen LogP contribution >= 0.6 is 12.6 Å². The van der Waals surface area contributed by atoms with E-state index in [1.165, 1.54) is 63.6 Å². The normalized spacial score (nSPS) is 20.5. The highest BCUT2D eigenvalue weighted by Crippen LogP contribution is 2.32. The van der Waals surface area contributed by atoms with E-state index >= 15 is 0 Å². The van der Waals surface area contributed by atoms with E-state index in [1.807, 2.05) is 0 Å². The number of likely N-dealkylation sites (tertiary alicyclic amines) is 1. The van der Waals surface area contributed by atoms with Crippen molar-refractivity contribution in [1.82, 2.24) is 4.90 Å². The lowest BCUT2D eigenvalue weighted by Crippen LogP contribution is -2.38. The van der Waals surface area contributed by atoms with Gasteiger partial charge in [0.2, 0.25) is 0 Å². The Labute approximate surface area is 153 Å². The maximum atomic E-state index is 5.58. The summed E-state index contributed by atoms with van der Waals surface area (Å²) in [6, 6.07) is 8.68. The molecule has 0 amide bonds. The molecule has 136 valence electrons. The summed E-state index contributed by atoms with van der Waals surface area (Å²) in [5.74, 6) is 1.59. The Morgan fingerprint density at radius 2 is 1.54 bits per heavy atom. The van der Waals surface area contributed by atoms with Crippen LogP contribution in [0.1, 0.15) is 56.4 Å². The molecule has 0 spiro atoms. The van der Waals surface area contributed by atoms with Gasteiger partial charge in [-0.1, -0.05) is 31.4 Å². The van der Waals surface area contributed by atoms with Gasteiger partial charge in [0.15, 0.2) is 0 Å². The first-order valence-corrected chi connectivity index (χ1v) is 10.1. The average Bonchev–Trinajstić information content (AvgIpc) is 2.65. The van der Waals surface area contributed by atoms with Gasteiger partial charge in [-0.2, -0.15) is 0 Å². The van der Waals surface area contributed by atoms with Crippen molar-refractivity contribution >= 4 is 12.6 Å². The molecular formula is C20H35N3S. The quantitative estimate of drug-likeness (QED) is 0.728. The van der Waals surface area contributed by atoms with Crippen molar-refractivity contribution in [2.45, 2.75) is 55.8 Å². The van der Waals surface area contributed by atoms with Crippen LogP contribution < -0.4 is 11.5 Å². The zero-order valence-corrected chi connectivity index (χ0v) is 15.9. The van der Waals surface area contributed by atoms with E-state index in [4.69, 9.17) is 11.5 Å². The monoisotopic (exact) mass is 349 g/mol. The number of nitrogens with zero attached hydrogens (tertiary/aromatic N) is 1. The molecule has 1 aliphatic heterocycles. The van der Waals surface area contributed by atoms with Crippen molar-refractivity contribution in [3.63, 3.8) is 0 Å². The largest absolute Gasteiger partial charge is 0.330 e. The number of rotatable bonds is 4. The summed E-state index contributed by atoms with van der Waals surface area (Å²) < 4.78 is 0. The van der Waals surface area contributed by atoms with Crippen LogP contribution in [0.5, 0.6) is 0 Å². The van der Waals surface area contributed by atoms with E-state index in [1.54, 1.807) is 0 Å². The molecule has 3 nitrogen and oxygen atoms in total. The first-order chi connectivity index (χ1) is 11.7. The molecule has 2 fully saturated rings. The number of hydrogen-bond donors (Lipinski definition) is 3. The first-order valence-electron chi connectivity index (χ1n) is 9.64. The Morgan fingerprint density at radius 1 is 0.917 bits per heavy atom. The zero-order valence-electron chi connectivity index (χ0n) is 15.0. The van der Waals surface area contributed by atoms with Gasteiger partial charge < -0.3 is 16.4 Å². The van der Waals surface area contributed by atoms with E-state index < -0.39 is 0 Å². The molecule has 0 radical (unpaired) electrons. The highest BCUT2D eigenvalue weighted by atomic mass is 32.1. The number of piperidine rings is 1. The van der Waals surface area contributed by atoms with Crippen molar-refractivity contribution in [3.05, 3.63) is 29.8 Å². The highest BCUT2D eigenvalue weighted by molar-refractivity contribution is 7.80. The maximum absolute atomic E-state index is 5.58. The summed E-state index contributed by atoms with van der Waals surface area (Å²) >= 11 is 4.30. The van der Waals surface area contributed by atoms with Crippen molar-refractivity contribution in [1.29, 1.82) is 0 Å². The van der Waals surface area contributed by atoms with Gasteiger partial charge in [-0.15, -0.1) is 12.6 Å². The topological polar surface area (TPSA) is 55.3 Å². The standard InChI is InChI=1S/C12H16S.C8H19N3/c13-12-8-6-11(7-9-12)10-4-2-1-3-5-10;9-3-6-11-4-1-8(7-10)2-5-11/h6-10,13H,1-5H2;8H,1-7,9-10H2. The van der Waals surface area contributed by atoms with E-state index in [0.29, 0.717) is 0 Å². The number of hydrogen-bond acceptors (Lipinski definition) is 4. The minimum absolute atomic E-state index is 0.768. The van der Waals surface area contributed by atoms with Crippen LogP contribution in [-0.4, -0.2) is 37.6 Å². The second kappa shape index (κ2) is 11.1. The zero-order chi connectivity index (χ0) is 17.2. The van der Waals surface area contributed by atoms with Crippen LogP contribution in [0.25, 0.3) is 0 Å². The van der Waals surface area contributed by atoms with Crippen LogP contribution in [0.15, 0.2) is 29.2 Å². The van der Waals surface area contributed by atoms with Crippen molar-refractivity contribution in [2.24, 2.45) is 17.4 Å². The van der Waals surface area contributed by atoms with Gasteiger partial charge in [0, 0.05) is 18.0 Å². The van der Waals surface area contributed by atoms with Gasteiger partial charge >= 0.3 is 0 Å². The molecule has 1 saturated heterocycles. The number of thiol groups is 1. The molecule has 1 aromatic rings. The van der Waals surface area contributed by atoms with Crippen LogP contribution in [0.2, 0.25) is 0 Å². The molecule has 4 N–H and O–H groups in total. The Morgan fingerprint density at radius 3 is 2.08 bits per heavy atom.